The van der Waals surface area contributed by atoms with Gasteiger partial charge in [0.05, 0.1) is 23.8 Å². The number of aryl methyl sites for hydroxylation is 1. The van der Waals surface area contributed by atoms with Gasteiger partial charge in [0.15, 0.2) is 0 Å². The summed E-state index contributed by atoms with van der Waals surface area (Å²) in [5.74, 6) is -1.36. The number of ether oxygens (including phenoxy) is 1. The average Bonchev–Trinajstić information content (AvgIpc) is 3.03. The summed E-state index contributed by atoms with van der Waals surface area (Å²) in [5.41, 5.74) is 2.98. The van der Waals surface area contributed by atoms with Crippen molar-refractivity contribution >= 4 is 17.8 Å². The monoisotopic (exact) mass is 356 g/mol. The molecule has 0 saturated heterocycles. The van der Waals surface area contributed by atoms with Gasteiger partial charge >= 0.3 is 5.97 Å². The lowest BCUT2D eigenvalue weighted by molar-refractivity contribution is 0.0415. The number of esters is 1. The van der Waals surface area contributed by atoms with Crippen molar-refractivity contribution in [3.8, 4) is 0 Å². The highest BCUT2D eigenvalue weighted by Crippen LogP contribution is 2.25. The second-order valence-electron chi connectivity index (χ2n) is 6.28. The Bertz CT molecular complexity index is 862. The van der Waals surface area contributed by atoms with E-state index in [4.69, 9.17) is 4.74 Å². The van der Waals surface area contributed by atoms with Gasteiger partial charge in [-0.1, -0.05) is 12.1 Å². The molecule has 0 saturated carbocycles. The van der Waals surface area contributed by atoms with Gasteiger partial charge in [0, 0.05) is 11.3 Å². The van der Waals surface area contributed by atoms with Crippen molar-refractivity contribution in [2.24, 2.45) is 0 Å². The number of rotatable bonds is 5. The molecule has 1 atom stereocenters. The summed E-state index contributed by atoms with van der Waals surface area (Å²) in [6, 6.07) is 6.60. The number of benzene rings is 1. The lowest BCUT2D eigenvalue weighted by Crippen LogP contribution is -2.33. The molecule has 1 aliphatic rings. The molecule has 2 amide bonds. The highest BCUT2D eigenvalue weighted by molar-refractivity contribution is 6.21. The molecule has 2 N–H and O–H groups in total. The Labute approximate surface area is 150 Å². The highest BCUT2D eigenvalue weighted by Gasteiger charge is 2.35. The predicted octanol–water partition coefficient (Wildman–Crippen LogP) is 2.14. The van der Waals surface area contributed by atoms with Crippen LogP contribution in [0.25, 0.3) is 0 Å². The molecule has 2 aromatic rings. The normalized spacial score (nSPS) is 14.5. The third-order valence-electron chi connectivity index (χ3n) is 4.54. The third kappa shape index (κ3) is 2.90. The molecule has 26 heavy (non-hydrogen) atoms. The first kappa shape index (κ1) is 17.9. The number of fused-ring (bicyclic) bond motifs is 1. The minimum atomic E-state index is -0.703. The van der Waals surface area contributed by atoms with Crippen LogP contribution in [-0.2, 0) is 4.74 Å². The maximum atomic E-state index is 12.3. The van der Waals surface area contributed by atoms with Gasteiger partial charge in [0.25, 0.3) is 11.8 Å². The lowest BCUT2D eigenvalue weighted by atomic mass is 10.1. The number of aromatic amines is 1. The molecule has 136 valence electrons. The van der Waals surface area contributed by atoms with Gasteiger partial charge in [-0.2, -0.15) is 0 Å². The van der Waals surface area contributed by atoms with Crippen molar-refractivity contribution in [2.45, 2.75) is 26.9 Å². The number of carbonyl (C=O) groups is 3. The fraction of sp³-hybridized carbons (Fsp3) is 0.316. The molecule has 0 spiro atoms. The summed E-state index contributed by atoms with van der Waals surface area (Å²) >= 11 is 0. The van der Waals surface area contributed by atoms with E-state index >= 15 is 0 Å². The summed E-state index contributed by atoms with van der Waals surface area (Å²) in [6.07, 6.45) is -0.703. The molecule has 1 aliphatic heterocycles. The Hall–Kier alpha value is -2.93. The van der Waals surface area contributed by atoms with Gasteiger partial charge in [-0.05, 0) is 38.5 Å². The van der Waals surface area contributed by atoms with Crippen molar-refractivity contribution in [1.29, 1.82) is 0 Å². The zero-order valence-corrected chi connectivity index (χ0v) is 14.8. The molecule has 2 heterocycles. The molecular formula is C19H20N2O5. The Balaban J connectivity index is 1.65. The zero-order valence-electron chi connectivity index (χ0n) is 14.8. The minimum Gasteiger partial charge on any atom is -0.459 e. The zero-order chi connectivity index (χ0) is 19.0. The summed E-state index contributed by atoms with van der Waals surface area (Å²) in [5, 5.41) is 9.79. The SMILES string of the molecule is Cc1[nH]c(C(=O)OCCN2C(=O)c3ccccc3C2=O)c(C)c1[C@@H](C)O. The number of H-pyrrole nitrogens is 1. The topological polar surface area (TPSA) is 99.7 Å². The van der Waals surface area contributed by atoms with E-state index in [1.807, 2.05) is 0 Å². The summed E-state index contributed by atoms with van der Waals surface area (Å²) in [6.45, 7) is 5.00. The van der Waals surface area contributed by atoms with E-state index in [0.717, 1.165) is 4.90 Å². The Morgan fingerprint density at radius 3 is 2.27 bits per heavy atom. The first-order valence-electron chi connectivity index (χ1n) is 8.32. The van der Waals surface area contributed by atoms with E-state index < -0.39 is 12.1 Å². The fourth-order valence-corrected chi connectivity index (χ4v) is 3.34. The van der Waals surface area contributed by atoms with Crippen LogP contribution in [0.3, 0.4) is 0 Å². The van der Waals surface area contributed by atoms with Crippen molar-refractivity contribution in [3.63, 3.8) is 0 Å². The first-order valence-corrected chi connectivity index (χ1v) is 8.32. The smallest absolute Gasteiger partial charge is 0.355 e. The number of aliphatic hydroxyl groups is 1. The summed E-state index contributed by atoms with van der Waals surface area (Å²) < 4.78 is 5.22. The quantitative estimate of drug-likeness (QED) is 0.631. The van der Waals surface area contributed by atoms with Gasteiger partial charge in [-0.15, -0.1) is 0 Å². The molecule has 1 aromatic carbocycles. The van der Waals surface area contributed by atoms with E-state index in [2.05, 4.69) is 4.98 Å². The number of imide groups is 1. The van der Waals surface area contributed by atoms with Crippen molar-refractivity contribution < 1.29 is 24.2 Å². The van der Waals surface area contributed by atoms with Crippen LogP contribution in [0.2, 0.25) is 0 Å². The van der Waals surface area contributed by atoms with Crippen LogP contribution in [0.15, 0.2) is 24.3 Å². The highest BCUT2D eigenvalue weighted by atomic mass is 16.5. The summed E-state index contributed by atoms with van der Waals surface area (Å²) in [4.78, 5) is 40.8. The number of nitrogens with one attached hydrogen (secondary N) is 1. The molecule has 0 radical (unpaired) electrons. The van der Waals surface area contributed by atoms with Gasteiger partial charge < -0.3 is 14.8 Å². The number of aliphatic hydroxyl groups excluding tert-OH is 1. The molecular weight excluding hydrogens is 336 g/mol. The number of nitrogens with zero attached hydrogens (tertiary/aromatic N) is 1. The van der Waals surface area contributed by atoms with Crippen LogP contribution in [0.5, 0.6) is 0 Å². The second-order valence-corrected chi connectivity index (χ2v) is 6.28. The minimum absolute atomic E-state index is 0.0138. The second kappa shape index (κ2) is 6.76. The van der Waals surface area contributed by atoms with Gasteiger partial charge in [0.2, 0.25) is 0 Å². The van der Waals surface area contributed by atoms with Crippen LogP contribution in [0.4, 0.5) is 0 Å². The van der Waals surface area contributed by atoms with Crippen LogP contribution >= 0.6 is 0 Å². The van der Waals surface area contributed by atoms with Gasteiger partial charge in [0.1, 0.15) is 12.3 Å². The number of aromatic nitrogens is 1. The van der Waals surface area contributed by atoms with Crippen molar-refractivity contribution in [3.05, 3.63) is 57.9 Å². The lowest BCUT2D eigenvalue weighted by Gasteiger charge is -2.13. The van der Waals surface area contributed by atoms with Crippen LogP contribution < -0.4 is 0 Å². The molecule has 7 nitrogen and oxygen atoms in total. The largest absolute Gasteiger partial charge is 0.459 e. The maximum absolute atomic E-state index is 12.3. The predicted molar refractivity (Wildman–Crippen MR) is 93.0 cm³/mol. The van der Waals surface area contributed by atoms with Crippen molar-refractivity contribution in [2.75, 3.05) is 13.2 Å². The molecule has 0 bridgehead atoms. The van der Waals surface area contributed by atoms with E-state index in [1.54, 1.807) is 45.0 Å². The number of hydrogen-bond acceptors (Lipinski definition) is 5. The third-order valence-corrected chi connectivity index (χ3v) is 4.54. The molecule has 3 rings (SSSR count). The van der Waals surface area contributed by atoms with E-state index in [-0.39, 0.29) is 30.7 Å². The fourth-order valence-electron chi connectivity index (χ4n) is 3.34. The molecule has 7 heteroatoms. The molecule has 0 unspecified atom stereocenters. The van der Waals surface area contributed by atoms with Gasteiger partial charge in [-0.25, -0.2) is 4.79 Å². The molecule has 1 aromatic heterocycles. The Morgan fingerprint density at radius 2 is 1.77 bits per heavy atom. The Kier molecular flexibility index (Phi) is 4.65. The molecule has 0 aliphatic carbocycles. The number of carbonyl (C=O) groups excluding carboxylic acids is 3. The maximum Gasteiger partial charge on any atom is 0.355 e. The van der Waals surface area contributed by atoms with Crippen LogP contribution in [0, 0.1) is 13.8 Å². The number of hydrogen-bond donors (Lipinski definition) is 2. The summed E-state index contributed by atoms with van der Waals surface area (Å²) in [7, 11) is 0. The van der Waals surface area contributed by atoms with Crippen LogP contribution in [0.1, 0.15) is 61.1 Å². The number of amides is 2. The van der Waals surface area contributed by atoms with Crippen molar-refractivity contribution in [1.82, 2.24) is 9.88 Å². The van der Waals surface area contributed by atoms with E-state index in [9.17, 15) is 19.5 Å². The standard InChI is InChI=1S/C19H20N2O5/c1-10-15(12(3)22)11(2)20-16(10)19(25)26-9-8-21-17(23)13-6-4-5-7-14(13)18(21)24/h4-7,12,20,22H,8-9H2,1-3H3/t12-/m1/s1. The average molecular weight is 356 g/mol. The van der Waals surface area contributed by atoms with E-state index in [0.29, 0.717) is 27.9 Å². The van der Waals surface area contributed by atoms with Gasteiger partial charge in [-0.3, -0.25) is 14.5 Å². The molecule has 0 fully saturated rings. The van der Waals surface area contributed by atoms with Crippen LogP contribution in [-0.4, -0.2) is 45.9 Å². The van der Waals surface area contributed by atoms with E-state index in [1.165, 1.54) is 0 Å². The Morgan fingerprint density at radius 1 is 1.19 bits per heavy atom. The first-order chi connectivity index (χ1) is 12.3.